The van der Waals surface area contributed by atoms with Crippen molar-refractivity contribution in [1.82, 2.24) is 18.6 Å². The van der Waals surface area contributed by atoms with E-state index in [9.17, 15) is 13.2 Å². The molecule has 8 nitrogen and oxygen atoms in total. The van der Waals surface area contributed by atoms with E-state index in [0.29, 0.717) is 6.42 Å². The molecule has 3 N–H and O–H groups in total. The number of nitrogens with one attached hydrogen (secondary N) is 1. The van der Waals surface area contributed by atoms with E-state index >= 15 is 0 Å². The molecule has 0 aliphatic rings. The van der Waals surface area contributed by atoms with Gasteiger partial charge in [-0.25, -0.2) is 8.96 Å². The van der Waals surface area contributed by atoms with Crippen molar-refractivity contribution < 1.29 is 13.2 Å². The molecule has 28 heavy (non-hydrogen) atoms. The Morgan fingerprint density at radius 1 is 1.29 bits per heavy atom. The highest BCUT2D eigenvalue weighted by Crippen LogP contribution is 2.21. The van der Waals surface area contributed by atoms with Crippen LogP contribution in [0.1, 0.15) is 44.1 Å². The number of aryl methyl sites for hydroxylation is 1. The zero-order valence-electron chi connectivity index (χ0n) is 16.8. The number of benzene rings is 1. The maximum absolute atomic E-state index is 12.6. The Morgan fingerprint density at radius 3 is 2.50 bits per heavy atom. The summed E-state index contributed by atoms with van der Waals surface area (Å²) in [5.74, 6) is -0.103. The number of nitrogens with two attached hydrogens (primary N) is 1. The number of hydrogen-bond donors (Lipinski definition) is 2. The largest absolute Gasteiger partial charge is 0.345 e. The summed E-state index contributed by atoms with van der Waals surface area (Å²) < 4.78 is 27.4. The van der Waals surface area contributed by atoms with Gasteiger partial charge < -0.3 is 11.1 Å². The quantitative estimate of drug-likeness (QED) is 0.654. The minimum atomic E-state index is -3.75. The van der Waals surface area contributed by atoms with E-state index in [1.807, 2.05) is 30.3 Å². The van der Waals surface area contributed by atoms with Crippen molar-refractivity contribution in [3.8, 4) is 0 Å². The van der Waals surface area contributed by atoms with Gasteiger partial charge in [0.1, 0.15) is 5.82 Å². The minimum absolute atomic E-state index is 0.263. The van der Waals surface area contributed by atoms with Crippen LogP contribution in [-0.2, 0) is 21.4 Å². The van der Waals surface area contributed by atoms with Gasteiger partial charge in [0, 0.05) is 26.5 Å². The van der Waals surface area contributed by atoms with Crippen LogP contribution in [0.15, 0.2) is 42.7 Å². The number of aromatic nitrogens is 2. The van der Waals surface area contributed by atoms with Gasteiger partial charge in [-0.3, -0.25) is 4.79 Å². The Balaban J connectivity index is 2.26. The van der Waals surface area contributed by atoms with Crippen LogP contribution < -0.4 is 11.1 Å². The van der Waals surface area contributed by atoms with E-state index < -0.39 is 21.8 Å². The van der Waals surface area contributed by atoms with Crippen LogP contribution in [0, 0.1) is 0 Å². The Morgan fingerprint density at radius 2 is 1.93 bits per heavy atom. The van der Waals surface area contributed by atoms with Crippen LogP contribution in [0.5, 0.6) is 0 Å². The molecule has 2 aromatic rings. The third-order valence-electron chi connectivity index (χ3n) is 4.35. The second-order valence-corrected chi connectivity index (χ2v) is 9.52. The number of carbonyl (C=O) groups excluding carboxylic acids is 1. The molecule has 0 saturated heterocycles. The van der Waals surface area contributed by atoms with Crippen molar-refractivity contribution in [3.63, 3.8) is 0 Å². The zero-order chi connectivity index (χ0) is 20.9. The first-order valence-corrected chi connectivity index (χ1v) is 10.5. The first-order chi connectivity index (χ1) is 13.0. The van der Waals surface area contributed by atoms with Crippen molar-refractivity contribution in [2.45, 2.75) is 44.7 Å². The predicted octanol–water partition coefficient (Wildman–Crippen LogP) is 1.46. The molecule has 0 radical (unpaired) electrons. The van der Waals surface area contributed by atoms with Crippen LogP contribution in [-0.4, -0.2) is 47.2 Å². The van der Waals surface area contributed by atoms with Gasteiger partial charge in [0.25, 0.3) is 0 Å². The molecule has 0 spiro atoms. The average molecular weight is 408 g/mol. The van der Waals surface area contributed by atoms with Gasteiger partial charge in [-0.15, -0.1) is 0 Å². The van der Waals surface area contributed by atoms with Crippen molar-refractivity contribution in [3.05, 3.63) is 54.1 Å². The number of rotatable bonds is 9. The first kappa shape index (κ1) is 22.1. The maximum Gasteiger partial charge on any atom is 0.308 e. The molecule has 154 valence electrons. The first-order valence-electron chi connectivity index (χ1n) is 9.13. The number of amides is 1. The van der Waals surface area contributed by atoms with Crippen LogP contribution in [0.25, 0.3) is 0 Å². The summed E-state index contributed by atoms with van der Waals surface area (Å²) in [4.78, 5) is 16.7. The van der Waals surface area contributed by atoms with Gasteiger partial charge in [0.2, 0.25) is 5.91 Å². The number of nitrogens with zero attached hydrogens (tertiary/aromatic N) is 3. The van der Waals surface area contributed by atoms with Gasteiger partial charge in [-0.05, 0) is 38.7 Å². The van der Waals surface area contributed by atoms with E-state index in [2.05, 4.69) is 10.3 Å². The summed E-state index contributed by atoms with van der Waals surface area (Å²) in [5.41, 5.74) is 6.00. The fourth-order valence-electron chi connectivity index (χ4n) is 2.68. The third kappa shape index (κ3) is 5.40. The fourth-order valence-corrected chi connectivity index (χ4v) is 3.65. The summed E-state index contributed by atoms with van der Waals surface area (Å²) in [6.07, 6.45) is 4.88. The van der Waals surface area contributed by atoms with Crippen LogP contribution in [0.2, 0.25) is 0 Å². The van der Waals surface area contributed by atoms with E-state index in [1.54, 1.807) is 13.8 Å². The van der Waals surface area contributed by atoms with Crippen LogP contribution in [0.4, 0.5) is 0 Å². The molecular weight excluding hydrogens is 378 g/mol. The molecule has 1 heterocycles. The molecule has 1 atom stereocenters. The Bertz CT molecular complexity index is 886. The van der Waals surface area contributed by atoms with Gasteiger partial charge in [-0.1, -0.05) is 30.3 Å². The highest BCUT2D eigenvalue weighted by atomic mass is 32.2. The lowest BCUT2D eigenvalue weighted by atomic mass is 10.0. The number of carbonyl (C=O) groups is 1. The topological polar surface area (TPSA) is 110 Å². The molecule has 0 saturated carbocycles. The van der Waals surface area contributed by atoms with Crippen molar-refractivity contribution in [2.75, 3.05) is 14.1 Å². The van der Waals surface area contributed by atoms with E-state index in [4.69, 9.17) is 5.73 Å². The maximum atomic E-state index is 12.6. The smallest absolute Gasteiger partial charge is 0.308 e. The lowest BCUT2D eigenvalue weighted by Gasteiger charge is -2.25. The molecule has 0 aliphatic heterocycles. The molecule has 1 unspecified atom stereocenters. The van der Waals surface area contributed by atoms with Crippen molar-refractivity contribution in [1.29, 1.82) is 0 Å². The second-order valence-electron chi connectivity index (χ2n) is 7.50. The lowest BCUT2D eigenvalue weighted by molar-refractivity contribution is -0.126. The van der Waals surface area contributed by atoms with Crippen molar-refractivity contribution >= 4 is 16.1 Å². The summed E-state index contributed by atoms with van der Waals surface area (Å²) >= 11 is 0. The molecule has 0 aliphatic carbocycles. The summed E-state index contributed by atoms with van der Waals surface area (Å²) in [5, 5.41) is 2.87. The van der Waals surface area contributed by atoms with Gasteiger partial charge in [0.05, 0.1) is 11.6 Å². The lowest BCUT2D eigenvalue weighted by Crippen LogP contribution is -2.50. The third-order valence-corrected chi connectivity index (χ3v) is 6.08. The van der Waals surface area contributed by atoms with Gasteiger partial charge in [-0.2, -0.15) is 12.7 Å². The Labute approximate surface area is 166 Å². The standard InChI is InChI=1S/C19H29N5O3S/c1-19(2,20)18(25)22-16(12-8-11-15-9-6-5-7-10-15)17-21-13-14-24(17)28(26,27)23(3)4/h5-7,9-10,13-14,16H,8,11-12,20H2,1-4H3,(H,22,25). The summed E-state index contributed by atoms with van der Waals surface area (Å²) in [6, 6.07) is 9.40. The van der Waals surface area contributed by atoms with E-state index in [-0.39, 0.29) is 11.7 Å². The normalized spacial score (nSPS) is 13.5. The van der Waals surface area contributed by atoms with Gasteiger partial charge in [0.15, 0.2) is 0 Å². The molecule has 0 bridgehead atoms. The Kier molecular flexibility index (Phi) is 6.97. The Hall–Kier alpha value is -2.23. The van der Waals surface area contributed by atoms with Crippen molar-refractivity contribution in [2.24, 2.45) is 5.73 Å². The van der Waals surface area contributed by atoms with Crippen LogP contribution >= 0.6 is 0 Å². The molecule has 0 fully saturated rings. The van der Waals surface area contributed by atoms with E-state index in [1.165, 1.54) is 32.1 Å². The molecule has 1 aromatic heterocycles. The number of hydrogen-bond acceptors (Lipinski definition) is 5. The zero-order valence-corrected chi connectivity index (χ0v) is 17.6. The molecule has 2 rings (SSSR count). The average Bonchev–Trinajstić information content (AvgIpc) is 3.11. The molecule has 1 amide bonds. The second kappa shape index (κ2) is 8.85. The molecule has 9 heteroatoms. The predicted molar refractivity (Wildman–Crippen MR) is 109 cm³/mol. The molecule has 1 aromatic carbocycles. The number of imidazole rings is 1. The molecular formula is C19H29N5O3S. The van der Waals surface area contributed by atoms with E-state index in [0.717, 1.165) is 21.1 Å². The monoisotopic (exact) mass is 407 g/mol. The van der Waals surface area contributed by atoms with Gasteiger partial charge >= 0.3 is 10.2 Å². The van der Waals surface area contributed by atoms with Crippen LogP contribution in [0.3, 0.4) is 0 Å². The fraction of sp³-hybridized carbons (Fsp3) is 0.474. The minimum Gasteiger partial charge on any atom is -0.345 e. The SMILES string of the molecule is CN(C)S(=O)(=O)n1ccnc1C(CCCc1ccccc1)NC(=O)C(C)(C)N. The highest BCUT2D eigenvalue weighted by molar-refractivity contribution is 7.87. The highest BCUT2D eigenvalue weighted by Gasteiger charge is 2.30. The summed E-state index contributed by atoms with van der Waals surface area (Å²) in [7, 11) is -0.854. The summed E-state index contributed by atoms with van der Waals surface area (Å²) in [6.45, 7) is 3.21.